The molecule has 0 amide bonds. The molecule has 5 heteroatoms. The molecule has 1 saturated heterocycles. The third-order valence-corrected chi connectivity index (χ3v) is 3.85. The SMILES string of the molecule is CC(C)CNC(=S)Nc1ccc(N2CCCCCC2)nc1. The standard InChI is InChI=1S/C16H26N4S/c1-13(2)11-18-16(21)19-14-7-8-15(17-12-14)20-9-5-3-4-6-10-20/h7-8,12-13H,3-6,9-11H2,1-2H3,(H2,18,19,21). The van der Waals surface area contributed by atoms with Crippen LogP contribution in [0.2, 0.25) is 0 Å². The van der Waals surface area contributed by atoms with E-state index in [1.54, 1.807) is 0 Å². The topological polar surface area (TPSA) is 40.2 Å². The van der Waals surface area contributed by atoms with Crippen molar-refractivity contribution in [3.8, 4) is 0 Å². The summed E-state index contributed by atoms with van der Waals surface area (Å²) in [6.45, 7) is 7.44. The molecule has 2 N–H and O–H groups in total. The van der Waals surface area contributed by atoms with Gasteiger partial charge in [0.05, 0.1) is 11.9 Å². The van der Waals surface area contributed by atoms with Gasteiger partial charge in [0.1, 0.15) is 5.82 Å². The monoisotopic (exact) mass is 306 g/mol. The number of aromatic nitrogens is 1. The lowest BCUT2D eigenvalue weighted by atomic mass is 10.2. The van der Waals surface area contributed by atoms with Gasteiger partial charge in [0, 0.05) is 19.6 Å². The number of anilines is 2. The van der Waals surface area contributed by atoms with Gasteiger partial charge in [-0.1, -0.05) is 26.7 Å². The number of pyridine rings is 1. The first-order valence-electron chi connectivity index (χ1n) is 7.91. The second-order valence-corrected chi connectivity index (χ2v) is 6.44. The minimum absolute atomic E-state index is 0.577. The highest BCUT2D eigenvalue weighted by Gasteiger charge is 2.10. The third-order valence-electron chi connectivity index (χ3n) is 3.61. The van der Waals surface area contributed by atoms with Crippen LogP contribution in [0.1, 0.15) is 39.5 Å². The average molecular weight is 306 g/mol. The summed E-state index contributed by atoms with van der Waals surface area (Å²) in [6, 6.07) is 4.13. The number of rotatable bonds is 4. The fourth-order valence-corrected chi connectivity index (χ4v) is 2.62. The summed E-state index contributed by atoms with van der Waals surface area (Å²) in [7, 11) is 0. The quantitative estimate of drug-likeness (QED) is 0.834. The molecule has 0 atom stereocenters. The van der Waals surface area contributed by atoms with Gasteiger partial charge in [-0.15, -0.1) is 0 Å². The summed E-state index contributed by atoms with van der Waals surface area (Å²) in [5, 5.41) is 7.04. The minimum Gasteiger partial charge on any atom is -0.362 e. The van der Waals surface area contributed by atoms with Crippen molar-refractivity contribution in [3.63, 3.8) is 0 Å². The van der Waals surface area contributed by atoms with Crippen LogP contribution in [0.3, 0.4) is 0 Å². The summed E-state index contributed by atoms with van der Waals surface area (Å²) in [4.78, 5) is 6.95. The summed E-state index contributed by atoms with van der Waals surface area (Å²) >= 11 is 5.27. The summed E-state index contributed by atoms with van der Waals surface area (Å²) in [5.41, 5.74) is 0.940. The van der Waals surface area contributed by atoms with E-state index in [4.69, 9.17) is 12.2 Å². The van der Waals surface area contributed by atoms with Gasteiger partial charge in [0.2, 0.25) is 0 Å². The Balaban J connectivity index is 1.87. The highest BCUT2D eigenvalue weighted by atomic mass is 32.1. The predicted octanol–water partition coefficient (Wildman–Crippen LogP) is 3.40. The maximum atomic E-state index is 5.27. The van der Waals surface area contributed by atoms with Gasteiger partial charge in [0.25, 0.3) is 0 Å². The fourth-order valence-electron chi connectivity index (χ4n) is 2.42. The first-order valence-corrected chi connectivity index (χ1v) is 8.32. The van der Waals surface area contributed by atoms with E-state index in [-0.39, 0.29) is 0 Å². The second kappa shape index (κ2) is 8.17. The molecule has 4 nitrogen and oxygen atoms in total. The molecule has 0 aromatic carbocycles. The molecule has 0 aliphatic carbocycles. The number of nitrogens with zero attached hydrogens (tertiary/aromatic N) is 2. The largest absolute Gasteiger partial charge is 0.362 e. The Hall–Kier alpha value is -1.36. The van der Waals surface area contributed by atoms with E-state index in [2.05, 4.69) is 46.5 Å². The second-order valence-electron chi connectivity index (χ2n) is 6.04. The van der Waals surface area contributed by atoms with Gasteiger partial charge in [-0.05, 0) is 43.1 Å². The Kier molecular flexibility index (Phi) is 6.23. The van der Waals surface area contributed by atoms with Gasteiger partial charge in [-0.2, -0.15) is 0 Å². The van der Waals surface area contributed by atoms with Crippen LogP contribution in [0.5, 0.6) is 0 Å². The maximum Gasteiger partial charge on any atom is 0.170 e. The smallest absolute Gasteiger partial charge is 0.170 e. The Labute approximate surface area is 133 Å². The Morgan fingerprint density at radius 3 is 2.52 bits per heavy atom. The predicted molar refractivity (Wildman–Crippen MR) is 94.0 cm³/mol. The lowest BCUT2D eigenvalue weighted by Crippen LogP contribution is -2.31. The van der Waals surface area contributed by atoms with Crippen molar-refractivity contribution in [2.24, 2.45) is 5.92 Å². The van der Waals surface area contributed by atoms with Crippen molar-refractivity contribution in [1.29, 1.82) is 0 Å². The normalized spacial score (nSPS) is 15.7. The number of hydrogen-bond donors (Lipinski definition) is 2. The first-order chi connectivity index (χ1) is 10.1. The lowest BCUT2D eigenvalue weighted by Gasteiger charge is -2.21. The third kappa shape index (κ3) is 5.50. The minimum atomic E-state index is 0.577. The van der Waals surface area contributed by atoms with Crippen molar-refractivity contribution in [2.45, 2.75) is 39.5 Å². The van der Waals surface area contributed by atoms with E-state index < -0.39 is 0 Å². The summed E-state index contributed by atoms with van der Waals surface area (Å²) in [5.74, 6) is 1.65. The van der Waals surface area contributed by atoms with Gasteiger partial charge in [-0.25, -0.2) is 4.98 Å². The Bertz CT molecular complexity index is 436. The van der Waals surface area contributed by atoms with Gasteiger partial charge >= 0.3 is 0 Å². The number of nitrogens with one attached hydrogen (secondary N) is 2. The summed E-state index contributed by atoms with van der Waals surface area (Å²) in [6.07, 6.45) is 7.08. The van der Waals surface area contributed by atoms with Crippen LogP contribution in [0, 0.1) is 5.92 Å². The molecule has 21 heavy (non-hydrogen) atoms. The van der Waals surface area contributed by atoms with E-state index in [1.165, 1.54) is 25.7 Å². The number of hydrogen-bond acceptors (Lipinski definition) is 3. The molecule has 1 aliphatic rings. The highest BCUT2D eigenvalue weighted by molar-refractivity contribution is 7.80. The molecule has 0 radical (unpaired) electrons. The molecule has 1 aromatic heterocycles. The van der Waals surface area contributed by atoms with Crippen molar-refractivity contribution in [1.82, 2.24) is 10.3 Å². The van der Waals surface area contributed by atoms with Gasteiger partial charge in [-0.3, -0.25) is 0 Å². The van der Waals surface area contributed by atoms with E-state index >= 15 is 0 Å². The molecule has 1 aliphatic heterocycles. The van der Waals surface area contributed by atoms with Crippen LogP contribution in [0.25, 0.3) is 0 Å². The molecule has 2 heterocycles. The van der Waals surface area contributed by atoms with Crippen molar-refractivity contribution >= 4 is 28.8 Å². The van der Waals surface area contributed by atoms with Crippen LogP contribution >= 0.6 is 12.2 Å². The van der Waals surface area contributed by atoms with E-state index in [1.807, 2.05) is 6.20 Å². The average Bonchev–Trinajstić information content (AvgIpc) is 2.75. The van der Waals surface area contributed by atoms with E-state index in [9.17, 15) is 0 Å². The molecule has 1 aromatic rings. The molecule has 1 fully saturated rings. The van der Waals surface area contributed by atoms with Crippen molar-refractivity contribution in [3.05, 3.63) is 18.3 Å². The van der Waals surface area contributed by atoms with Crippen molar-refractivity contribution in [2.75, 3.05) is 29.9 Å². The zero-order chi connectivity index (χ0) is 15.1. The van der Waals surface area contributed by atoms with Crippen LogP contribution in [-0.4, -0.2) is 29.7 Å². The van der Waals surface area contributed by atoms with E-state index in [0.717, 1.165) is 31.1 Å². The van der Waals surface area contributed by atoms with Gasteiger partial charge in [0.15, 0.2) is 5.11 Å². The molecule has 0 saturated carbocycles. The zero-order valence-corrected chi connectivity index (χ0v) is 13.9. The van der Waals surface area contributed by atoms with Crippen LogP contribution < -0.4 is 15.5 Å². The fraction of sp³-hybridized carbons (Fsp3) is 0.625. The highest BCUT2D eigenvalue weighted by Crippen LogP contribution is 2.18. The molecule has 2 rings (SSSR count). The lowest BCUT2D eigenvalue weighted by molar-refractivity contribution is 0.627. The van der Waals surface area contributed by atoms with Crippen LogP contribution in [0.4, 0.5) is 11.5 Å². The molecule has 0 unspecified atom stereocenters. The Morgan fingerprint density at radius 1 is 1.24 bits per heavy atom. The molecular weight excluding hydrogens is 280 g/mol. The van der Waals surface area contributed by atoms with Gasteiger partial charge < -0.3 is 15.5 Å². The molecule has 116 valence electrons. The zero-order valence-electron chi connectivity index (χ0n) is 13.1. The first kappa shape index (κ1) is 16.0. The molecular formula is C16H26N4S. The van der Waals surface area contributed by atoms with E-state index in [0.29, 0.717) is 11.0 Å². The van der Waals surface area contributed by atoms with Crippen LogP contribution in [-0.2, 0) is 0 Å². The molecule has 0 spiro atoms. The maximum absolute atomic E-state index is 5.27. The summed E-state index contributed by atoms with van der Waals surface area (Å²) < 4.78 is 0. The Morgan fingerprint density at radius 2 is 1.95 bits per heavy atom. The number of thiocarbonyl (C=S) groups is 1. The molecule has 0 bridgehead atoms. The van der Waals surface area contributed by atoms with Crippen molar-refractivity contribution < 1.29 is 0 Å². The van der Waals surface area contributed by atoms with Crippen LogP contribution in [0.15, 0.2) is 18.3 Å².